The molecule has 3 nitrogen and oxygen atoms in total. The highest BCUT2D eigenvalue weighted by Gasteiger charge is 2.37. The van der Waals surface area contributed by atoms with Crippen molar-refractivity contribution in [3.63, 3.8) is 0 Å². The smallest absolute Gasteiger partial charge is 0.227 e. The molecule has 2 aliphatic rings. The van der Waals surface area contributed by atoms with Crippen molar-refractivity contribution in [3.8, 4) is 0 Å². The molecule has 0 aliphatic carbocycles. The van der Waals surface area contributed by atoms with Gasteiger partial charge in [0.15, 0.2) is 0 Å². The van der Waals surface area contributed by atoms with Gasteiger partial charge in [-0.05, 0) is 36.6 Å². The van der Waals surface area contributed by atoms with Crippen molar-refractivity contribution in [2.75, 3.05) is 19.6 Å². The molecule has 1 N–H and O–H groups in total. The van der Waals surface area contributed by atoms with E-state index in [0.717, 1.165) is 25.2 Å². The number of fused-ring (bicyclic) bond motifs is 1. The van der Waals surface area contributed by atoms with E-state index >= 15 is 0 Å². The van der Waals surface area contributed by atoms with Crippen LogP contribution in [0.3, 0.4) is 0 Å². The van der Waals surface area contributed by atoms with Gasteiger partial charge in [0.25, 0.3) is 0 Å². The summed E-state index contributed by atoms with van der Waals surface area (Å²) in [5.74, 6) is 0.520. The second-order valence-corrected chi connectivity index (χ2v) is 5.21. The van der Waals surface area contributed by atoms with Crippen molar-refractivity contribution < 1.29 is 9.18 Å². The molecule has 1 amide bonds. The monoisotopic (exact) mass is 248 g/mol. The summed E-state index contributed by atoms with van der Waals surface area (Å²) in [5, 5.41) is 3.43. The van der Waals surface area contributed by atoms with Crippen LogP contribution in [-0.4, -0.2) is 36.5 Å². The van der Waals surface area contributed by atoms with Gasteiger partial charge in [0.2, 0.25) is 5.91 Å². The lowest BCUT2D eigenvalue weighted by Gasteiger charge is -2.17. The van der Waals surface area contributed by atoms with Crippen molar-refractivity contribution in [2.45, 2.75) is 18.9 Å². The number of amides is 1. The molecule has 2 aliphatic heterocycles. The van der Waals surface area contributed by atoms with Gasteiger partial charge in [0.05, 0.1) is 6.42 Å². The molecule has 1 aromatic carbocycles. The lowest BCUT2D eigenvalue weighted by Crippen LogP contribution is -2.34. The maximum Gasteiger partial charge on any atom is 0.227 e. The van der Waals surface area contributed by atoms with E-state index in [2.05, 4.69) is 5.32 Å². The van der Waals surface area contributed by atoms with Crippen molar-refractivity contribution in [1.29, 1.82) is 0 Å². The van der Waals surface area contributed by atoms with Crippen LogP contribution in [0.25, 0.3) is 0 Å². The first-order chi connectivity index (χ1) is 8.72. The third-order valence-electron chi connectivity index (χ3n) is 3.98. The zero-order valence-corrected chi connectivity index (χ0v) is 10.2. The largest absolute Gasteiger partial charge is 0.340 e. The van der Waals surface area contributed by atoms with Crippen LogP contribution in [0.1, 0.15) is 12.0 Å². The highest BCUT2D eigenvalue weighted by atomic mass is 19.1. The van der Waals surface area contributed by atoms with Gasteiger partial charge < -0.3 is 10.2 Å². The Kier molecular flexibility index (Phi) is 3.04. The van der Waals surface area contributed by atoms with Gasteiger partial charge >= 0.3 is 0 Å². The first-order valence-electron chi connectivity index (χ1n) is 6.48. The zero-order chi connectivity index (χ0) is 12.5. The van der Waals surface area contributed by atoms with Crippen LogP contribution >= 0.6 is 0 Å². The van der Waals surface area contributed by atoms with Crippen molar-refractivity contribution >= 4 is 5.91 Å². The topological polar surface area (TPSA) is 32.3 Å². The Labute approximate surface area is 106 Å². The van der Waals surface area contributed by atoms with Gasteiger partial charge in [0, 0.05) is 19.1 Å². The van der Waals surface area contributed by atoms with Crippen LogP contribution in [-0.2, 0) is 11.2 Å². The number of carbonyl (C=O) groups excluding carboxylic acids is 1. The summed E-state index contributed by atoms with van der Waals surface area (Å²) in [7, 11) is 0. The molecule has 3 rings (SSSR count). The van der Waals surface area contributed by atoms with E-state index in [0.29, 0.717) is 18.4 Å². The summed E-state index contributed by atoms with van der Waals surface area (Å²) in [6.45, 7) is 2.78. The first-order valence-corrected chi connectivity index (χ1v) is 6.48. The highest BCUT2D eigenvalue weighted by molar-refractivity contribution is 5.79. The molecule has 0 aromatic heterocycles. The van der Waals surface area contributed by atoms with Crippen LogP contribution in [0.15, 0.2) is 24.3 Å². The SMILES string of the molecule is O=C(Cc1ccc(F)cc1)N1C[C@@H]2CCN[C@@H]2C1. The van der Waals surface area contributed by atoms with E-state index in [1.807, 2.05) is 4.90 Å². The Balaban J connectivity index is 1.60. The van der Waals surface area contributed by atoms with Gasteiger partial charge in [-0.1, -0.05) is 12.1 Å². The van der Waals surface area contributed by atoms with E-state index in [1.165, 1.54) is 18.6 Å². The maximum absolute atomic E-state index is 12.8. The first kappa shape index (κ1) is 11.7. The van der Waals surface area contributed by atoms with Gasteiger partial charge in [-0.2, -0.15) is 0 Å². The van der Waals surface area contributed by atoms with E-state index < -0.39 is 0 Å². The van der Waals surface area contributed by atoms with Crippen LogP contribution in [0.4, 0.5) is 4.39 Å². The standard InChI is InChI=1S/C14H17FN2O/c15-12-3-1-10(2-4-12)7-14(18)17-8-11-5-6-16-13(11)9-17/h1-4,11,13,16H,5-9H2/t11-,13+/m0/s1. The second-order valence-electron chi connectivity index (χ2n) is 5.21. The van der Waals surface area contributed by atoms with Crippen molar-refractivity contribution in [2.24, 2.45) is 5.92 Å². The minimum absolute atomic E-state index is 0.151. The molecular weight excluding hydrogens is 231 g/mol. The molecule has 0 spiro atoms. The van der Waals surface area contributed by atoms with Gasteiger partial charge in [-0.25, -0.2) is 4.39 Å². The summed E-state index contributed by atoms with van der Waals surface area (Å²) >= 11 is 0. The number of hydrogen-bond acceptors (Lipinski definition) is 2. The summed E-state index contributed by atoms with van der Waals surface area (Å²) in [6, 6.07) is 6.67. The number of nitrogens with one attached hydrogen (secondary N) is 1. The quantitative estimate of drug-likeness (QED) is 0.852. The number of rotatable bonds is 2. The molecule has 2 fully saturated rings. The van der Waals surface area contributed by atoms with E-state index in [1.54, 1.807) is 12.1 Å². The van der Waals surface area contributed by atoms with Crippen LogP contribution in [0.5, 0.6) is 0 Å². The molecule has 2 saturated heterocycles. The lowest BCUT2D eigenvalue weighted by atomic mass is 10.1. The lowest BCUT2D eigenvalue weighted by molar-refractivity contribution is -0.129. The predicted molar refractivity (Wildman–Crippen MR) is 66.6 cm³/mol. The molecule has 0 bridgehead atoms. The molecular formula is C14H17FN2O. The highest BCUT2D eigenvalue weighted by Crippen LogP contribution is 2.25. The number of benzene rings is 1. The molecule has 96 valence electrons. The molecule has 2 heterocycles. The molecule has 2 atom stereocenters. The molecule has 0 radical (unpaired) electrons. The normalized spacial score (nSPS) is 26.4. The van der Waals surface area contributed by atoms with Gasteiger partial charge in [-0.3, -0.25) is 4.79 Å². The average Bonchev–Trinajstić information content (AvgIpc) is 2.92. The fourth-order valence-corrected chi connectivity index (χ4v) is 2.94. The van der Waals surface area contributed by atoms with Gasteiger partial charge in [0.1, 0.15) is 5.82 Å². The molecule has 0 unspecified atom stereocenters. The third kappa shape index (κ3) is 2.25. The summed E-state index contributed by atoms with van der Waals surface area (Å²) in [6.07, 6.45) is 1.55. The summed E-state index contributed by atoms with van der Waals surface area (Å²) in [5.41, 5.74) is 0.881. The average molecular weight is 248 g/mol. The number of halogens is 1. The van der Waals surface area contributed by atoms with E-state index in [4.69, 9.17) is 0 Å². The second kappa shape index (κ2) is 4.69. The van der Waals surface area contributed by atoms with Crippen molar-refractivity contribution in [1.82, 2.24) is 10.2 Å². The fraction of sp³-hybridized carbons (Fsp3) is 0.500. The maximum atomic E-state index is 12.8. The zero-order valence-electron chi connectivity index (χ0n) is 10.2. The minimum Gasteiger partial charge on any atom is -0.340 e. The van der Waals surface area contributed by atoms with Crippen LogP contribution in [0, 0.1) is 11.7 Å². The Morgan fingerprint density at radius 3 is 2.83 bits per heavy atom. The van der Waals surface area contributed by atoms with Crippen LogP contribution in [0.2, 0.25) is 0 Å². The minimum atomic E-state index is -0.258. The molecule has 0 saturated carbocycles. The number of nitrogens with zero attached hydrogens (tertiary/aromatic N) is 1. The van der Waals surface area contributed by atoms with Gasteiger partial charge in [-0.15, -0.1) is 0 Å². The van der Waals surface area contributed by atoms with E-state index in [-0.39, 0.29) is 11.7 Å². The molecule has 1 aromatic rings. The van der Waals surface area contributed by atoms with Crippen molar-refractivity contribution in [3.05, 3.63) is 35.6 Å². The Morgan fingerprint density at radius 1 is 1.33 bits per heavy atom. The summed E-state index contributed by atoms with van der Waals surface area (Å²) in [4.78, 5) is 14.1. The number of carbonyl (C=O) groups is 1. The number of likely N-dealkylation sites (tertiary alicyclic amines) is 1. The summed E-state index contributed by atoms with van der Waals surface area (Å²) < 4.78 is 12.8. The third-order valence-corrected chi connectivity index (χ3v) is 3.98. The fourth-order valence-electron chi connectivity index (χ4n) is 2.94. The Bertz CT molecular complexity index is 434. The van der Waals surface area contributed by atoms with Crippen LogP contribution < -0.4 is 5.32 Å². The molecule has 4 heteroatoms. The molecule has 18 heavy (non-hydrogen) atoms. The predicted octanol–water partition coefficient (Wildman–Crippen LogP) is 1.19. The Hall–Kier alpha value is -1.42. The Morgan fingerprint density at radius 2 is 2.11 bits per heavy atom. The number of hydrogen-bond donors (Lipinski definition) is 1. The van der Waals surface area contributed by atoms with E-state index in [9.17, 15) is 9.18 Å².